The summed E-state index contributed by atoms with van der Waals surface area (Å²) in [6, 6.07) is 19.0. The van der Waals surface area contributed by atoms with Crippen molar-refractivity contribution >= 4 is 57.5 Å². The van der Waals surface area contributed by atoms with E-state index < -0.39 is 5.91 Å². The van der Waals surface area contributed by atoms with Gasteiger partial charge >= 0.3 is 0 Å². The van der Waals surface area contributed by atoms with Crippen molar-refractivity contribution in [2.75, 3.05) is 12.1 Å². The Bertz CT molecular complexity index is 1090. The Labute approximate surface area is 179 Å². The molecular weight excluding hydrogens is 487 g/mol. The van der Waals surface area contributed by atoms with Crippen molar-refractivity contribution in [3.8, 4) is 16.2 Å². The first-order valence-corrected chi connectivity index (χ1v) is 10.3. The molecule has 2 aromatic carbocycles. The molecule has 1 saturated heterocycles. The van der Waals surface area contributed by atoms with E-state index in [4.69, 9.17) is 4.74 Å². The predicted molar refractivity (Wildman–Crippen MR) is 119 cm³/mol. The molecule has 4 rings (SSSR count). The van der Waals surface area contributed by atoms with E-state index >= 15 is 0 Å². The third kappa shape index (κ3) is 3.55. The summed E-state index contributed by atoms with van der Waals surface area (Å²) in [4.78, 5) is 26.9. The molecule has 0 aliphatic carbocycles. The highest BCUT2D eigenvalue weighted by molar-refractivity contribution is 14.1. The number of hydrogen-bond acceptors (Lipinski definition) is 4. The third-order valence-corrected chi connectivity index (χ3v) is 6.05. The smallest absolute Gasteiger partial charge is 0.282 e. The summed E-state index contributed by atoms with van der Waals surface area (Å²) in [5, 5.41) is 1.28. The molecule has 2 amide bonds. The maximum atomic E-state index is 12.7. The Hall–Kier alpha value is -2.65. The van der Waals surface area contributed by atoms with Crippen molar-refractivity contribution in [1.82, 2.24) is 5.43 Å². The Balaban J connectivity index is 1.63. The van der Waals surface area contributed by atoms with Crippen LogP contribution in [0.4, 0.5) is 5.69 Å². The van der Waals surface area contributed by atoms with Gasteiger partial charge in [0.25, 0.3) is 11.8 Å². The van der Waals surface area contributed by atoms with Crippen LogP contribution in [0.1, 0.15) is 4.88 Å². The van der Waals surface area contributed by atoms with Crippen molar-refractivity contribution in [3.05, 3.63) is 74.7 Å². The predicted octanol–water partition coefficient (Wildman–Crippen LogP) is 4.49. The fraction of sp³-hybridized carbons (Fsp3) is 0.0476. The molecule has 0 radical (unpaired) electrons. The molecule has 2 heterocycles. The molecular formula is C21H15IN2O3S. The minimum Gasteiger partial charge on any atom is -0.496 e. The van der Waals surface area contributed by atoms with E-state index in [2.05, 4.69) is 28.0 Å². The zero-order chi connectivity index (χ0) is 19.7. The summed E-state index contributed by atoms with van der Waals surface area (Å²) >= 11 is 3.69. The lowest BCUT2D eigenvalue weighted by Crippen LogP contribution is -2.35. The maximum absolute atomic E-state index is 12.7. The molecule has 0 bridgehead atoms. The fourth-order valence-electron chi connectivity index (χ4n) is 2.89. The van der Waals surface area contributed by atoms with Gasteiger partial charge in [0.15, 0.2) is 0 Å². The molecule has 1 aliphatic heterocycles. The Morgan fingerprint density at radius 2 is 1.79 bits per heavy atom. The number of amides is 2. The average molecular weight is 502 g/mol. The highest BCUT2D eigenvalue weighted by Gasteiger charge is 2.34. The van der Waals surface area contributed by atoms with Crippen LogP contribution in [0, 0.1) is 3.57 Å². The molecule has 0 unspecified atom stereocenters. The number of nitrogens with zero attached hydrogens (tertiary/aromatic N) is 1. The second-order valence-corrected chi connectivity index (χ2v) is 8.38. The van der Waals surface area contributed by atoms with Crippen LogP contribution >= 0.6 is 33.9 Å². The number of hydrazine groups is 1. The molecule has 28 heavy (non-hydrogen) atoms. The van der Waals surface area contributed by atoms with Crippen LogP contribution < -0.4 is 15.2 Å². The Morgan fingerprint density at radius 1 is 1.04 bits per heavy atom. The van der Waals surface area contributed by atoms with Gasteiger partial charge < -0.3 is 4.74 Å². The van der Waals surface area contributed by atoms with Gasteiger partial charge in [-0.2, -0.15) is 0 Å². The van der Waals surface area contributed by atoms with E-state index in [1.807, 2.05) is 48.5 Å². The molecule has 140 valence electrons. The van der Waals surface area contributed by atoms with Crippen molar-refractivity contribution in [1.29, 1.82) is 0 Å². The lowest BCUT2D eigenvalue weighted by molar-refractivity contribution is -0.117. The largest absolute Gasteiger partial charge is 0.496 e. The zero-order valence-corrected chi connectivity index (χ0v) is 17.8. The number of rotatable bonds is 4. The molecule has 0 atom stereocenters. The average Bonchev–Trinajstić information content (AvgIpc) is 3.29. The van der Waals surface area contributed by atoms with Crippen LogP contribution in [-0.4, -0.2) is 18.9 Å². The van der Waals surface area contributed by atoms with Gasteiger partial charge in [-0.1, -0.05) is 12.1 Å². The number of halogens is 1. The minimum atomic E-state index is -0.407. The molecule has 0 saturated carbocycles. The summed E-state index contributed by atoms with van der Waals surface area (Å²) in [5.74, 6) is 0.0114. The summed E-state index contributed by atoms with van der Waals surface area (Å²) in [5.41, 5.74) is 4.35. The summed E-state index contributed by atoms with van der Waals surface area (Å²) in [6.45, 7) is 0. The second kappa shape index (κ2) is 7.76. The van der Waals surface area contributed by atoms with Gasteiger partial charge in [-0.15, -0.1) is 11.3 Å². The molecule has 1 aromatic heterocycles. The highest BCUT2D eigenvalue weighted by atomic mass is 127. The number of benzene rings is 2. The van der Waals surface area contributed by atoms with Crippen LogP contribution in [0.3, 0.4) is 0 Å². The van der Waals surface area contributed by atoms with Gasteiger partial charge in [0, 0.05) is 18.9 Å². The zero-order valence-electron chi connectivity index (χ0n) is 14.8. The van der Waals surface area contributed by atoms with Crippen LogP contribution in [0.15, 0.2) is 66.2 Å². The molecule has 1 aliphatic rings. The Morgan fingerprint density at radius 3 is 2.54 bits per heavy atom. The fourth-order valence-corrected chi connectivity index (χ4v) is 4.24. The van der Waals surface area contributed by atoms with Crippen molar-refractivity contribution in [3.63, 3.8) is 0 Å². The van der Waals surface area contributed by atoms with E-state index in [1.165, 1.54) is 16.3 Å². The highest BCUT2D eigenvalue weighted by Crippen LogP contribution is 2.35. The lowest BCUT2D eigenvalue weighted by Gasteiger charge is -2.14. The van der Waals surface area contributed by atoms with E-state index in [-0.39, 0.29) is 11.5 Å². The summed E-state index contributed by atoms with van der Waals surface area (Å²) in [7, 11) is 1.63. The third-order valence-electron chi connectivity index (χ3n) is 4.26. The normalized spacial score (nSPS) is 15.2. The van der Waals surface area contributed by atoms with Crippen LogP contribution in [0.25, 0.3) is 16.5 Å². The lowest BCUT2D eigenvalue weighted by atomic mass is 10.1. The minimum absolute atomic E-state index is 0.118. The van der Waals surface area contributed by atoms with Gasteiger partial charge in [0.1, 0.15) is 11.3 Å². The van der Waals surface area contributed by atoms with Gasteiger partial charge in [-0.25, -0.2) is 5.01 Å². The second-order valence-electron chi connectivity index (χ2n) is 6.02. The van der Waals surface area contributed by atoms with E-state index in [1.54, 1.807) is 25.3 Å². The van der Waals surface area contributed by atoms with Crippen LogP contribution in [-0.2, 0) is 9.59 Å². The monoisotopic (exact) mass is 502 g/mol. The van der Waals surface area contributed by atoms with Crippen LogP contribution in [0.5, 0.6) is 5.75 Å². The van der Waals surface area contributed by atoms with Gasteiger partial charge in [-0.05, 0) is 77.2 Å². The standard InChI is InChI=1S/C21H15IN2O3S/c1-27-18-5-3-2-4-16(18)19-11-10-15(28-19)12-17-20(25)23-24(21(17)26)14-8-6-13(22)7-9-14/h2-12H,1H3,(H,23,25)/b17-12+. The molecule has 5 nitrogen and oxygen atoms in total. The number of thiophene rings is 1. The molecule has 1 N–H and O–H groups in total. The number of ether oxygens (including phenoxy) is 1. The number of methoxy groups -OCH3 is 1. The van der Waals surface area contributed by atoms with Crippen molar-refractivity contribution in [2.24, 2.45) is 0 Å². The van der Waals surface area contributed by atoms with Gasteiger partial charge in [0.05, 0.1) is 12.8 Å². The van der Waals surface area contributed by atoms with E-state index in [0.29, 0.717) is 5.69 Å². The van der Waals surface area contributed by atoms with E-state index in [0.717, 1.165) is 24.6 Å². The first kappa shape index (κ1) is 18.7. The number of para-hydroxylation sites is 1. The van der Waals surface area contributed by atoms with E-state index in [9.17, 15) is 9.59 Å². The number of anilines is 1. The SMILES string of the molecule is COc1ccccc1-c1ccc(/C=C2\C(=O)NN(c3ccc(I)cc3)C2=O)s1. The van der Waals surface area contributed by atoms with Crippen molar-refractivity contribution in [2.45, 2.75) is 0 Å². The molecule has 0 spiro atoms. The molecule has 7 heteroatoms. The summed E-state index contributed by atoms with van der Waals surface area (Å²) in [6.07, 6.45) is 1.63. The Kier molecular flexibility index (Phi) is 5.19. The topological polar surface area (TPSA) is 58.6 Å². The van der Waals surface area contributed by atoms with Crippen molar-refractivity contribution < 1.29 is 14.3 Å². The molecule has 3 aromatic rings. The summed E-state index contributed by atoms with van der Waals surface area (Å²) < 4.78 is 6.47. The first-order valence-electron chi connectivity index (χ1n) is 8.43. The number of hydrogen-bond donors (Lipinski definition) is 1. The quantitative estimate of drug-likeness (QED) is 0.325. The van der Waals surface area contributed by atoms with Gasteiger partial charge in [-0.3, -0.25) is 15.0 Å². The maximum Gasteiger partial charge on any atom is 0.282 e. The van der Waals surface area contributed by atoms with Gasteiger partial charge in [0.2, 0.25) is 0 Å². The number of carbonyl (C=O) groups is 2. The number of carbonyl (C=O) groups excluding carboxylic acids is 2. The number of nitrogens with one attached hydrogen (secondary N) is 1. The molecule has 1 fully saturated rings. The first-order chi connectivity index (χ1) is 13.6. The van der Waals surface area contributed by atoms with Crippen LogP contribution in [0.2, 0.25) is 0 Å².